The minimum Gasteiger partial charge on any atom is -0.423 e. The van der Waals surface area contributed by atoms with Gasteiger partial charge < -0.3 is 13.6 Å². The van der Waals surface area contributed by atoms with E-state index in [0.29, 0.717) is 19.0 Å². The van der Waals surface area contributed by atoms with Crippen molar-refractivity contribution in [2.24, 2.45) is 0 Å². The average Bonchev–Trinajstić information content (AvgIpc) is 2.46. The summed E-state index contributed by atoms with van der Waals surface area (Å²) in [5.41, 5.74) is 0.965. The molecule has 0 amide bonds. The first kappa shape index (κ1) is 16.6. The molecule has 1 aromatic carbocycles. The van der Waals surface area contributed by atoms with Crippen LogP contribution in [0.25, 0.3) is 0 Å². The first-order valence-corrected chi connectivity index (χ1v) is 8.09. The van der Waals surface area contributed by atoms with Gasteiger partial charge in [0.25, 0.3) is 0 Å². The fourth-order valence-electron chi connectivity index (χ4n) is 1.78. The standard InChI is InChI=1S/C15H21O4Si/c1-5-15(16)19-14-11-9-8-10-13(14)12(4)20(17-6-2)18-7-3/h5,8-12H,1,6-7H2,2-4H3. The minimum atomic E-state index is -1.46. The molecule has 0 N–H and O–H groups in total. The monoisotopic (exact) mass is 293 g/mol. The predicted molar refractivity (Wildman–Crippen MR) is 79.7 cm³/mol. The van der Waals surface area contributed by atoms with Crippen LogP contribution in [0.5, 0.6) is 5.75 Å². The van der Waals surface area contributed by atoms with E-state index in [2.05, 4.69) is 6.58 Å². The maximum atomic E-state index is 11.4. The summed E-state index contributed by atoms with van der Waals surface area (Å²) in [5, 5.41) is 0. The molecule has 0 aromatic heterocycles. The van der Waals surface area contributed by atoms with Gasteiger partial charge >= 0.3 is 15.3 Å². The van der Waals surface area contributed by atoms with Crippen LogP contribution in [-0.2, 0) is 13.6 Å². The van der Waals surface area contributed by atoms with Crippen molar-refractivity contribution in [1.29, 1.82) is 0 Å². The third-order valence-corrected chi connectivity index (χ3v) is 4.85. The van der Waals surface area contributed by atoms with Gasteiger partial charge in [-0.25, -0.2) is 4.79 Å². The molecule has 1 aromatic rings. The zero-order chi connectivity index (χ0) is 15.0. The van der Waals surface area contributed by atoms with E-state index in [1.807, 2.05) is 39.0 Å². The van der Waals surface area contributed by atoms with Crippen molar-refractivity contribution >= 4 is 15.3 Å². The Labute approximate surface area is 122 Å². The Morgan fingerprint density at radius 3 is 2.45 bits per heavy atom. The Hall–Kier alpha value is -1.43. The zero-order valence-electron chi connectivity index (χ0n) is 12.2. The van der Waals surface area contributed by atoms with Crippen molar-refractivity contribution in [2.75, 3.05) is 13.2 Å². The number of benzene rings is 1. The molecule has 1 rings (SSSR count). The SMILES string of the molecule is C=CC(=O)Oc1ccccc1C(C)[Si](OCC)OCC. The van der Waals surface area contributed by atoms with Gasteiger partial charge in [0.1, 0.15) is 5.75 Å². The van der Waals surface area contributed by atoms with E-state index in [9.17, 15) is 4.79 Å². The van der Waals surface area contributed by atoms with Crippen LogP contribution >= 0.6 is 0 Å². The Morgan fingerprint density at radius 2 is 1.90 bits per heavy atom. The van der Waals surface area contributed by atoms with Crippen molar-refractivity contribution in [1.82, 2.24) is 0 Å². The van der Waals surface area contributed by atoms with Crippen LogP contribution in [0.2, 0.25) is 0 Å². The second-order valence-corrected chi connectivity index (χ2v) is 6.15. The van der Waals surface area contributed by atoms with E-state index in [0.717, 1.165) is 11.6 Å². The summed E-state index contributed by atoms with van der Waals surface area (Å²) in [5.74, 6) is 0.0676. The third-order valence-electron chi connectivity index (χ3n) is 2.69. The van der Waals surface area contributed by atoms with E-state index < -0.39 is 15.3 Å². The van der Waals surface area contributed by atoms with Crippen molar-refractivity contribution < 1.29 is 18.4 Å². The van der Waals surface area contributed by atoms with Crippen molar-refractivity contribution in [3.63, 3.8) is 0 Å². The molecule has 20 heavy (non-hydrogen) atoms. The predicted octanol–water partition coefficient (Wildman–Crippen LogP) is 2.98. The van der Waals surface area contributed by atoms with Crippen LogP contribution in [0.3, 0.4) is 0 Å². The van der Waals surface area contributed by atoms with Crippen LogP contribution in [0.1, 0.15) is 31.9 Å². The van der Waals surface area contributed by atoms with Gasteiger partial charge in [-0.1, -0.05) is 31.7 Å². The molecule has 1 unspecified atom stereocenters. The van der Waals surface area contributed by atoms with E-state index in [1.165, 1.54) is 0 Å². The normalized spacial score (nSPS) is 12.2. The molecule has 0 saturated carbocycles. The quantitative estimate of drug-likeness (QED) is 0.320. The van der Waals surface area contributed by atoms with Crippen molar-refractivity contribution in [2.45, 2.75) is 26.3 Å². The van der Waals surface area contributed by atoms with Gasteiger partial charge in [0.2, 0.25) is 0 Å². The topological polar surface area (TPSA) is 44.8 Å². The molecular formula is C15H21O4Si. The third kappa shape index (κ3) is 4.59. The van der Waals surface area contributed by atoms with Gasteiger partial charge in [0.05, 0.1) is 0 Å². The van der Waals surface area contributed by atoms with Gasteiger partial charge in [0.15, 0.2) is 0 Å². The van der Waals surface area contributed by atoms with E-state index in [1.54, 1.807) is 6.07 Å². The molecule has 0 aliphatic heterocycles. The molecular weight excluding hydrogens is 272 g/mol. The summed E-state index contributed by atoms with van der Waals surface area (Å²) in [4.78, 5) is 11.4. The molecule has 0 bridgehead atoms. The average molecular weight is 293 g/mol. The molecule has 109 valence electrons. The highest BCUT2D eigenvalue weighted by Gasteiger charge is 2.28. The van der Waals surface area contributed by atoms with Crippen molar-refractivity contribution in [3.05, 3.63) is 42.5 Å². The maximum Gasteiger partial charge on any atom is 0.392 e. The molecule has 0 fully saturated rings. The Balaban J connectivity index is 2.97. The number of para-hydroxylation sites is 1. The minimum absolute atomic E-state index is 0.0497. The number of rotatable bonds is 8. The van der Waals surface area contributed by atoms with Crippen LogP contribution in [0, 0.1) is 0 Å². The highest BCUT2D eigenvalue weighted by molar-refractivity contribution is 6.46. The van der Waals surface area contributed by atoms with Crippen LogP contribution < -0.4 is 4.74 Å². The van der Waals surface area contributed by atoms with Gasteiger partial charge in [0, 0.05) is 24.8 Å². The summed E-state index contributed by atoms with van der Waals surface area (Å²) in [7, 11) is -1.46. The highest BCUT2D eigenvalue weighted by atomic mass is 28.3. The zero-order valence-corrected chi connectivity index (χ0v) is 13.2. The van der Waals surface area contributed by atoms with Crippen LogP contribution in [-0.4, -0.2) is 28.5 Å². The number of ether oxygens (including phenoxy) is 1. The summed E-state index contributed by atoms with van der Waals surface area (Å²) in [6.07, 6.45) is 1.15. The number of esters is 1. The lowest BCUT2D eigenvalue weighted by atomic mass is 10.1. The number of hydrogen-bond donors (Lipinski definition) is 0. The number of carbonyl (C=O) groups excluding carboxylic acids is 1. The maximum absolute atomic E-state index is 11.4. The molecule has 1 radical (unpaired) electrons. The molecule has 0 saturated heterocycles. The second-order valence-electron chi connectivity index (χ2n) is 4.07. The summed E-state index contributed by atoms with van der Waals surface area (Å²) >= 11 is 0. The number of hydrogen-bond acceptors (Lipinski definition) is 4. The highest BCUT2D eigenvalue weighted by Crippen LogP contribution is 2.29. The number of carbonyl (C=O) groups is 1. The molecule has 1 atom stereocenters. The summed E-state index contributed by atoms with van der Waals surface area (Å²) in [6, 6.07) is 7.44. The smallest absolute Gasteiger partial charge is 0.392 e. The molecule has 4 nitrogen and oxygen atoms in total. The lowest BCUT2D eigenvalue weighted by Gasteiger charge is -2.21. The van der Waals surface area contributed by atoms with Crippen LogP contribution in [0.15, 0.2) is 36.9 Å². The van der Waals surface area contributed by atoms with Crippen molar-refractivity contribution in [3.8, 4) is 5.75 Å². The summed E-state index contributed by atoms with van der Waals surface area (Å²) < 4.78 is 16.7. The fourth-order valence-corrected chi connectivity index (χ4v) is 3.43. The fraction of sp³-hybridized carbons (Fsp3) is 0.400. The second kappa shape index (κ2) is 8.68. The Bertz CT molecular complexity index is 441. The summed E-state index contributed by atoms with van der Waals surface area (Å²) in [6.45, 7) is 10.5. The molecule has 0 aliphatic rings. The molecule has 0 aliphatic carbocycles. The lowest BCUT2D eigenvalue weighted by Crippen LogP contribution is -2.30. The molecule has 0 heterocycles. The largest absolute Gasteiger partial charge is 0.423 e. The van der Waals surface area contributed by atoms with E-state index in [4.69, 9.17) is 13.6 Å². The van der Waals surface area contributed by atoms with E-state index in [-0.39, 0.29) is 5.54 Å². The molecule has 0 spiro atoms. The first-order chi connectivity index (χ1) is 9.63. The van der Waals surface area contributed by atoms with Gasteiger partial charge in [-0.15, -0.1) is 0 Å². The van der Waals surface area contributed by atoms with E-state index >= 15 is 0 Å². The lowest BCUT2D eigenvalue weighted by molar-refractivity contribution is -0.129. The Morgan fingerprint density at radius 1 is 1.30 bits per heavy atom. The van der Waals surface area contributed by atoms with Gasteiger partial charge in [-0.2, -0.15) is 0 Å². The van der Waals surface area contributed by atoms with Gasteiger partial charge in [-0.3, -0.25) is 0 Å². The van der Waals surface area contributed by atoms with Gasteiger partial charge in [-0.05, 0) is 25.5 Å². The first-order valence-electron chi connectivity index (χ1n) is 6.69. The molecule has 5 heteroatoms. The Kier molecular flexibility index (Phi) is 7.21. The van der Waals surface area contributed by atoms with Crippen LogP contribution in [0.4, 0.5) is 0 Å².